The number of amides is 3. The van der Waals surface area contributed by atoms with Crippen LogP contribution in [0.2, 0.25) is 5.15 Å². The molecule has 4 rings (SSSR count). The molecule has 2 aliphatic rings. The van der Waals surface area contributed by atoms with E-state index >= 15 is 0 Å². The highest BCUT2D eigenvalue weighted by Crippen LogP contribution is 2.41. The predicted molar refractivity (Wildman–Crippen MR) is 133 cm³/mol. The van der Waals surface area contributed by atoms with E-state index in [2.05, 4.69) is 10.0 Å². The molecule has 2 atom stereocenters. The minimum absolute atomic E-state index is 0.123. The maximum Gasteiger partial charge on any atom is 0.408 e. The molecule has 19 heteroatoms. The van der Waals surface area contributed by atoms with E-state index in [1.807, 2.05) is 0 Å². The van der Waals surface area contributed by atoms with E-state index in [-0.39, 0.29) is 18.7 Å². The van der Waals surface area contributed by atoms with Crippen LogP contribution in [0.1, 0.15) is 35.8 Å². The van der Waals surface area contributed by atoms with Crippen LogP contribution in [0.5, 0.6) is 5.75 Å². The number of nitrogens with one attached hydrogen (secondary N) is 3. The molecule has 230 valence electrons. The fourth-order valence-corrected chi connectivity index (χ4v) is 6.64. The van der Waals surface area contributed by atoms with Crippen LogP contribution in [0.3, 0.4) is 0 Å². The Morgan fingerprint density at radius 3 is 2.50 bits per heavy atom. The highest BCUT2D eigenvalue weighted by atomic mass is 35.5. The first-order valence-corrected chi connectivity index (χ1v) is 13.8. The molecule has 11 nitrogen and oxygen atoms in total. The van der Waals surface area contributed by atoms with E-state index < -0.39 is 98.0 Å². The van der Waals surface area contributed by atoms with Crippen molar-refractivity contribution in [3.05, 3.63) is 40.4 Å². The summed E-state index contributed by atoms with van der Waals surface area (Å²) in [7, 11) is -3.36. The van der Waals surface area contributed by atoms with Crippen molar-refractivity contribution in [2.45, 2.75) is 42.4 Å². The van der Waals surface area contributed by atoms with Gasteiger partial charge in [-0.2, -0.15) is 17.9 Å². The zero-order chi connectivity index (χ0) is 31.4. The van der Waals surface area contributed by atoms with Gasteiger partial charge in [0.05, 0.1) is 11.1 Å². The summed E-state index contributed by atoms with van der Waals surface area (Å²) in [5.41, 5.74) is -3.22. The third kappa shape index (κ3) is 5.87. The Balaban J connectivity index is 1.58. The molecule has 2 aromatic rings. The Morgan fingerprint density at radius 1 is 1.21 bits per heavy atom. The smallest absolute Gasteiger partial charge is 0.408 e. The minimum atomic E-state index is -4.80. The van der Waals surface area contributed by atoms with Gasteiger partial charge in [-0.3, -0.25) is 14.4 Å². The number of rotatable bonds is 4. The molecule has 3 heterocycles. The van der Waals surface area contributed by atoms with E-state index in [1.54, 1.807) is 5.32 Å². The van der Waals surface area contributed by atoms with Gasteiger partial charge in [-0.15, -0.1) is 0 Å². The van der Waals surface area contributed by atoms with Gasteiger partial charge in [0.15, 0.2) is 16.3 Å². The lowest BCUT2D eigenvalue weighted by Crippen LogP contribution is -2.55. The molecule has 1 fully saturated rings. The zero-order valence-electron chi connectivity index (χ0n) is 21.6. The van der Waals surface area contributed by atoms with Crippen molar-refractivity contribution in [2.75, 3.05) is 25.0 Å². The molecule has 3 N–H and O–H groups in total. The Labute approximate surface area is 239 Å². The van der Waals surface area contributed by atoms with E-state index in [1.165, 1.54) is 7.05 Å². The van der Waals surface area contributed by atoms with Crippen LogP contribution in [0.4, 0.5) is 32.0 Å². The van der Waals surface area contributed by atoms with Crippen molar-refractivity contribution < 1.29 is 53.9 Å². The van der Waals surface area contributed by atoms with Crippen molar-refractivity contribution in [1.82, 2.24) is 19.5 Å². The molecule has 0 bridgehead atoms. The molecule has 0 saturated carbocycles. The first-order valence-electron chi connectivity index (χ1n) is 12.0. The maximum absolute atomic E-state index is 13.7. The number of aromatic nitrogens is 1. The standard InChI is InChI=1S/C23H22ClF6N5O6S/c1-10(23(28,29)30)31-20(37)21(38)35-6-5-22(8-35)9-41-15-14(34(2)17(24)16(15)42(39,40)33-22)19(36)32-11-3-4-13(25)12(7-11)18(26)27/h3-4,7,10,18,33H,5-6,8-9H2,1-2H3,(H,31,37)(H,32,36)/t10?,22-/m1/s1. The third-order valence-corrected chi connectivity index (χ3v) is 8.90. The molecule has 0 aliphatic carbocycles. The molecule has 0 radical (unpaired) electrons. The zero-order valence-corrected chi connectivity index (χ0v) is 23.2. The summed E-state index contributed by atoms with van der Waals surface area (Å²) in [4.78, 5) is 38.0. The summed E-state index contributed by atoms with van der Waals surface area (Å²) in [6.45, 7) is -0.558. The van der Waals surface area contributed by atoms with Gasteiger partial charge in [-0.05, 0) is 31.5 Å². The molecule has 1 aromatic carbocycles. The molecule has 1 spiro atoms. The number of fused-ring (bicyclic) bond motifs is 1. The van der Waals surface area contributed by atoms with Gasteiger partial charge in [-0.25, -0.2) is 21.6 Å². The largest absolute Gasteiger partial charge is 0.488 e. The second-order valence-electron chi connectivity index (χ2n) is 9.74. The molecule has 1 unspecified atom stereocenters. The van der Waals surface area contributed by atoms with E-state index in [9.17, 15) is 49.1 Å². The summed E-state index contributed by atoms with van der Waals surface area (Å²) in [5.74, 6) is -5.64. The Bertz CT molecular complexity index is 1570. The highest BCUT2D eigenvalue weighted by molar-refractivity contribution is 7.89. The molecule has 1 saturated heterocycles. The number of alkyl halides is 5. The predicted octanol–water partition coefficient (Wildman–Crippen LogP) is 2.72. The minimum Gasteiger partial charge on any atom is -0.488 e. The summed E-state index contributed by atoms with van der Waals surface area (Å²) >= 11 is 6.25. The Hall–Kier alpha value is -3.51. The number of sulfonamides is 1. The summed E-state index contributed by atoms with van der Waals surface area (Å²) in [6, 6.07) is 0.0996. The number of anilines is 1. The number of nitrogens with zero attached hydrogens (tertiary/aromatic N) is 2. The van der Waals surface area contributed by atoms with Crippen molar-refractivity contribution in [2.24, 2.45) is 7.05 Å². The van der Waals surface area contributed by atoms with Gasteiger partial charge in [0, 0.05) is 25.8 Å². The fourth-order valence-electron chi connectivity index (χ4n) is 4.51. The number of carbonyl (C=O) groups is 3. The number of likely N-dealkylation sites (tertiary alicyclic amines) is 1. The SMILES string of the molecule is CC(NC(=O)C(=O)N1CC[C@]2(COc3c(c(Cl)n(C)c3C(=O)Nc3ccc(F)c(C(F)F)c3)S(=O)(=O)N2)C1)C(F)(F)F. The van der Waals surface area contributed by atoms with Crippen LogP contribution < -0.4 is 20.1 Å². The number of hydrogen-bond acceptors (Lipinski definition) is 6. The van der Waals surface area contributed by atoms with Crippen LogP contribution >= 0.6 is 11.6 Å². The normalized spacial score (nSPS) is 20.6. The molecular formula is C23H22ClF6N5O6S. The molecule has 42 heavy (non-hydrogen) atoms. The number of hydrogen-bond donors (Lipinski definition) is 3. The van der Waals surface area contributed by atoms with Gasteiger partial charge < -0.3 is 24.8 Å². The van der Waals surface area contributed by atoms with Crippen molar-refractivity contribution in [3.8, 4) is 5.75 Å². The molecule has 1 aromatic heterocycles. The monoisotopic (exact) mass is 645 g/mol. The molecular weight excluding hydrogens is 624 g/mol. The first kappa shape index (κ1) is 31.4. The van der Waals surface area contributed by atoms with Gasteiger partial charge in [0.25, 0.3) is 12.3 Å². The summed E-state index contributed by atoms with van der Waals surface area (Å²) in [5, 5.41) is 3.33. The van der Waals surface area contributed by atoms with E-state index in [0.29, 0.717) is 19.1 Å². The third-order valence-electron chi connectivity index (χ3n) is 6.73. The lowest BCUT2D eigenvalue weighted by molar-refractivity contribution is -0.162. The van der Waals surface area contributed by atoms with Crippen molar-refractivity contribution in [1.29, 1.82) is 0 Å². The topological polar surface area (TPSA) is 139 Å². The number of ether oxygens (including phenoxy) is 1. The average Bonchev–Trinajstić information content (AvgIpc) is 3.37. The molecule has 3 amide bonds. The molecule has 2 aliphatic heterocycles. The first-order chi connectivity index (χ1) is 19.4. The second-order valence-corrected chi connectivity index (χ2v) is 11.7. The second kappa shape index (κ2) is 11.0. The van der Waals surface area contributed by atoms with Crippen molar-refractivity contribution in [3.63, 3.8) is 0 Å². The van der Waals surface area contributed by atoms with Gasteiger partial charge in [-0.1, -0.05) is 11.6 Å². The lowest BCUT2D eigenvalue weighted by atomic mass is 10.0. The number of benzene rings is 1. The quantitative estimate of drug-likeness (QED) is 0.345. The van der Waals surface area contributed by atoms with Crippen LogP contribution in [-0.4, -0.2) is 73.1 Å². The summed E-state index contributed by atoms with van der Waals surface area (Å²) < 4.78 is 114. The van der Waals surface area contributed by atoms with Gasteiger partial charge in [0.1, 0.15) is 23.6 Å². The Kier molecular flexibility index (Phi) is 8.20. The van der Waals surface area contributed by atoms with Gasteiger partial charge >= 0.3 is 18.0 Å². The fraction of sp³-hybridized carbons (Fsp3) is 0.435. The summed E-state index contributed by atoms with van der Waals surface area (Å²) in [6.07, 6.45) is -8.11. The van der Waals surface area contributed by atoms with Gasteiger partial charge in [0.2, 0.25) is 10.0 Å². The lowest BCUT2D eigenvalue weighted by Gasteiger charge is -2.27. The van der Waals surface area contributed by atoms with Crippen LogP contribution in [0.15, 0.2) is 23.1 Å². The Morgan fingerprint density at radius 2 is 1.88 bits per heavy atom. The number of carbonyl (C=O) groups excluding carboxylic acids is 3. The number of halogens is 7. The van der Waals surface area contributed by atoms with Crippen LogP contribution in [0, 0.1) is 5.82 Å². The van der Waals surface area contributed by atoms with E-state index in [4.69, 9.17) is 16.3 Å². The van der Waals surface area contributed by atoms with E-state index in [0.717, 1.165) is 15.5 Å². The average molecular weight is 646 g/mol. The highest BCUT2D eigenvalue weighted by Gasteiger charge is 2.50. The van der Waals surface area contributed by atoms with Crippen LogP contribution in [0.25, 0.3) is 0 Å². The maximum atomic E-state index is 13.7. The van der Waals surface area contributed by atoms with Crippen LogP contribution in [-0.2, 0) is 26.7 Å². The van der Waals surface area contributed by atoms with Crippen molar-refractivity contribution >= 4 is 45.0 Å².